The number of primary amides is 1. The molecule has 7 nitrogen and oxygen atoms in total. The molecule has 1 aromatic heterocycles. The standard InChI is InChI=1S/C16H22N4O2S.C5H7N/c1-3-20-14(10-22-16(18)21)19-13(8-12-4-5-12)15(20)23-7-6-11(2)9-17;1-3-5(2)4-6/h6,12H,3-5,7-8,10H2,1-2H3,(H2,18,21);3H,1-2H3/b11-6+;5-3+. The van der Waals surface area contributed by atoms with Crippen LogP contribution < -0.4 is 5.73 Å². The predicted molar refractivity (Wildman–Crippen MR) is 114 cm³/mol. The first kappa shape index (κ1) is 24.3. The summed E-state index contributed by atoms with van der Waals surface area (Å²) in [6.07, 6.45) is 6.37. The molecule has 156 valence electrons. The number of ether oxygens (including phenoxy) is 1. The Kier molecular flexibility index (Phi) is 10.6. The van der Waals surface area contributed by atoms with E-state index in [-0.39, 0.29) is 6.61 Å². The lowest BCUT2D eigenvalue weighted by atomic mass is 10.2. The molecule has 1 aliphatic carbocycles. The van der Waals surface area contributed by atoms with Gasteiger partial charge in [0.1, 0.15) is 5.82 Å². The van der Waals surface area contributed by atoms with Crippen molar-refractivity contribution in [1.82, 2.24) is 9.55 Å². The molecule has 0 aliphatic heterocycles. The van der Waals surface area contributed by atoms with E-state index in [1.54, 1.807) is 31.7 Å². The van der Waals surface area contributed by atoms with Gasteiger partial charge in [0.15, 0.2) is 6.61 Å². The van der Waals surface area contributed by atoms with E-state index in [1.807, 2.05) is 26.0 Å². The summed E-state index contributed by atoms with van der Waals surface area (Å²) in [4.78, 5) is 15.5. The maximum absolute atomic E-state index is 10.9. The monoisotopic (exact) mass is 415 g/mol. The summed E-state index contributed by atoms with van der Waals surface area (Å²) in [6.45, 7) is 8.30. The maximum Gasteiger partial charge on any atom is 0.404 e. The summed E-state index contributed by atoms with van der Waals surface area (Å²) >= 11 is 1.67. The average Bonchev–Trinajstić information content (AvgIpc) is 3.47. The maximum atomic E-state index is 10.9. The molecular weight excluding hydrogens is 386 g/mol. The van der Waals surface area contributed by atoms with E-state index in [4.69, 9.17) is 21.0 Å². The summed E-state index contributed by atoms with van der Waals surface area (Å²) in [6, 6.07) is 4.10. The Balaban J connectivity index is 0.000000612. The summed E-state index contributed by atoms with van der Waals surface area (Å²) in [5.41, 5.74) is 7.60. The first-order chi connectivity index (χ1) is 13.9. The molecule has 0 spiro atoms. The van der Waals surface area contributed by atoms with Crippen molar-refractivity contribution in [2.75, 3.05) is 5.75 Å². The van der Waals surface area contributed by atoms with Crippen LogP contribution in [0, 0.1) is 28.6 Å². The van der Waals surface area contributed by atoms with Crippen molar-refractivity contribution in [3.8, 4) is 12.1 Å². The van der Waals surface area contributed by atoms with Gasteiger partial charge in [-0.15, -0.1) is 11.8 Å². The number of carbonyl (C=O) groups excluding carboxylic acids is 1. The SMILES string of the molecule is C/C=C(\C)C#N.CCn1c(COC(N)=O)nc(CC2CC2)c1SC/C=C(\C)C#N. The molecule has 1 amide bonds. The molecule has 0 unspecified atom stereocenters. The smallest absolute Gasteiger partial charge is 0.404 e. The van der Waals surface area contributed by atoms with Gasteiger partial charge in [0.25, 0.3) is 0 Å². The molecule has 8 heteroatoms. The quantitative estimate of drug-likeness (QED) is 0.494. The van der Waals surface area contributed by atoms with E-state index >= 15 is 0 Å². The molecule has 0 saturated heterocycles. The highest BCUT2D eigenvalue weighted by atomic mass is 32.2. The number of imidazole rings is 1. The fourth-order valence-corrected chi connectivity index (χ4v) is 3.53. The zero-order valence-electron chi connectivity index (χ0n) is 17.6. The first-order valence-corrected chi connectivity index (χ1v) is 10.6. The second kappa shape index (κ2) is 12.7. The van der Waals surface area contributed by atoms with Gasteiger partial charge >= 0.3 is 6.09 Å². The van der Waals surface area contributed by atoms with Crippen LogP contribution in [0.15, 0.2) is 28.3 Å². The number of rotatable bonds is 8. The number of hydrogen-bond donors (Lipinski definition) is 1. The summed E-state index contributed by atoms with van der Waals surface area (Å²) in [7, 11) is 0. The number of carbonyl (C=O) groups is 1. The van der Waals surface area contributed by atoms with E-state index in [0.29, 0.717) is 5.57 Å². The lowest BCUT2D eigenvalue weighted by Crippen LogP contribution is -2.15. The normalized spacial score (nSPS) is 13.7. The van der Waals surface area contributed by atoms with Crippen molar-refractivity contribution in [3.63, 3.8) is 0 Å². The molecule has 1 heterocycles. The first-order valence-electron chi connectivity index (χ1n) is 9.59. The van der Waals surface area contributed by atoms with Crippen molar-refractivity contribution in [1.29, 1.82) is 10.5 Å². The van der Waals surface area contributed by atoms with Crippen LogP contribution >= 0.6 is 11.8 Å². The highest BCUT2D eigenvalue weighted by molar-refractivity contribution is 7.99. The molecular formula is C21H29N5O2S. The van der Waals surface area contributed by atoms with Crippen LogP contribution in [-0.4, -0.2) is 21.4 Å². The number of aromatic nitrogens is 2. The zero-order chi connectivity index (χ0) is 21.8. The second-order valence-electron chi connectivity index (χ2n) is 6.67. The molecule has 1 aliphatic rings. The van der Waals surface area contributed by atoms with E-state index in [1.165, 1.54) is 12.8 Å². The highest BCUT2D eigenvalue weighted by Crippen LogP contribution is 2.36. The fraction of sp³-hybridized carbons (Fsp3) is 0.524. The Hall–Kier alpha value is -2.71. The molecule has 0 radical (unpaired) electrons. The number of amides is 1. The number of hydrogen-bond acceptors (Lipinski definition) is 6. The third-order valence-corrected chi connectivity index (χ3v) is 5.36. The molecule has 0 aromatic carbocycles. The summed E-state index contributed by atoms with van der Waals surface area (Å²) in [5.74, 6) is 2.17. The van der Waals surface area contributed by atoms with Gasteiger partial charge in [-0.3, -0.25) is 0 Å². The van der Waals surface area contributed by atoms with Gasteiger partial charge in [0, 0.05) is 23.4 Å². The Labute approximate surface area is 177 Å². The number of nitrogens with zero attached hydrogens (tertiary/aromatic N) is 4. The van der Waals surface area contributed by atoms with Crippen molar-refractivity contribution in [2.45, 2.75) is 65.1 Å². The minimum Gasteiger partial charge on any atom is -0.442 e. The Bertz CT molecular complexity index is 838. The fourth-order valence-electron chi connectivity index (χ4n) is 2.35. The molecule has 0 atom stereocenters. The molecule has 2 N–H and O–H groups in total. The van der Waals surface area contributed by atoms with E-state index < -0.39 is 6.09 Å². The van der Waals surface area contributed by atoms with Crippen LogP contribution in [0.5, 0.6) is 0 Å². The average molecular weight is 416 g/mol. The zero-order valence-corrected chi connectivity index (χ0v) is 18.4. The Morgan fingerprint density at radius 1 is 1.34 bits per heavy atom. The van der Waals surface area contributed by atoms with Crippen molar-refractivity contribution >= 4 is 17.9 Å². The van der Waals surface area contributed by atoms with Crippen LogP contribution in [-0.2, 0) is 24.3 Å². The van der Waals surface area contributed by atoms with Gasteiger partial charge in [-0.1, -0.05) is 12.2 Å². The lowest BCUT2D eigenvalue weighted by molar-refractivity contribution is 0.145. The van der Waals surface area contributed by atoms with Crippen molar-refractivity contribution in [2.24, 2.45) is 11.7 Å². The van der Waals surface area contributed by atoms with Crippen LogP contribution in [0.4, 0.5) is 4.79 Å². The van der Waals surface area contributed by atoms with Crippen molar-refractivity contribution < 1.29 is 9.53 Å². The predicted octanol–water partition coefficient (Wildman–Crippen LogP) is 4.49. The van der Waals surface area contributed by atoms with Crippen LogP contribution in [0.1, 0.15) is 52.1 Å². The summed E-state index contributed by atoms with van der Waals surface area (Å²) in [5, 5.41) is 18.0. The third-order valence-electron chi connectivity index (χ3n) is 4.30. The van der Waals surface area contributed by atoms with Gasteiger partial charge in [-0.2, -0.15) is 10.5 Å². The topological polar surface area (TPSA) is 118 Å². The van der Waals surface area contributed by atoms with Crippen molar-refractivity contribution in [3.05, 3.63) is 34.8 Å². The Morgan fingerprint density at radius 2 is 2.00 bits per heavy atom. The van der Waals surface area contributed by atoms with Gasteiger partial charge in [0.05, 0.1) is 22.9 Å². The van der Waals surface area contributed by atoms with Gasteiger partial charge < -0.3 is 15.0 Å². The van der Waals surface area contributed by atoms with Gasteiger partial charge in [0.2, 0.25) is 0 Å². The summed E-state index contributed by atoms with van der Waals surface area (Å²) < 4.78 is 6.98. The number of allylic oxidation sites excluding steroid dienone is 3. The number of nitrogens with two attached hydrogens (primary N) is 1. The largest absolute Gasteiger partial charge is 0.442 e. The molecule has 1 aromatic rings. The van der Waals surface area contributed by atoms with E-state index in [9.17, 15) is 4.79 Å². The number of thioether (sulfide) groups is 1. The van der Waals surface area contributed by atoms with Crippen LogP contribution in [0.3, 0.4) is 0 Å². The second-order valence-corrected chi connectivity index (χ2v) is 7.68. The minimum atomic E-state index is -0.791. The Morgan fingerprint density at radius 3 is 2.45 bits per heavy atom. The molecule has 1 fully saturated rings. The number of nitriles is 2. The van der Waals surface area contributed by atoms with Crippen LogP contribution in [0.25, 0.3) is 0 Å². The van der Waals surface area contributed by atoms with E-state index in [0.717, 1.165) is 46.8 Å². The molecule has 1 saturated carbocycles. The van der Waals surface area contributed by atoms with Gasteiger partial charge in [-0.25, -0.2) is 9.78 Å². The van der Waals surface area contributed by atoms with Crippen LogP contribution in [0.2, 0.25) is 0 Å². The third kappa shape index (κ3) is 8.89. The van der Waals surface area contributed by atoms with E-state index in [2.05, 4.69) is 15.6 Å². The molecule has 29 heavy (non-hydrogen) atoms. The van der Waals surface area contributed by atoms with Gasteiger partial charge in [-0.05, 0) is 52.9 Å². The lowest BCUT2D eigenvalue weighted by Gasteiger charge is -2.09. The minimum absolute atomic E-state index is 0.0917. The molecule has 2 rings (SSSR count). The highest BCUT2D eigenvalue weighted by Gasteiger charge is 2.26. The molecule has 0 bridgehead atoms.